The zero-order chi connectivity index (χ0) is 24.8. The number of rotatable bonds is 5. The number of nitrogens with zero attached hydrogens (tertiary/aromatic N) is 3. The number of fused-ring (bicyclic) bond motifs is 5. The van der Waals surface area contributed by atoms with Crippen molar-refractivity contribution in [3.8, 4) is 5.69 Å². The Hall–Kier alpha value is -5.23. The molecule has 6 heteroatoms. The number of hydrogen-bond donors (Lipinski definition) is 3. The maximum Gasteiger partial charge on any atom is 0.220 e. The third-order valence-corrected chi connectivity index (χ3v) is 6.65. The van der Waals surface area contributed by atoms with Crippen LogP contribution >= 0.6 is 0 Å². The SMILES string of the molecule is Nc1ccccc1Nc1ccccc1Nc1cccc(-n2c3ccccc3n3c4ccccc4nc23)c1. The second-order valence-corrected chi connectivity index (χ2v) is 8.99. The Morgan fingerprint density at radius 1 is 0.568 bits per heavy atom. The molecule has 0 saturated heterocycles. The Morgan fingerprint density at radius 2 is 1.22 bits per heavy atom. The van der Waals surface area contributed by atoms with Gasteiger partial charge in [0.25, 0.3) is 0 Å². The normalized spacial score (nSPS) is 11.4. The molecule has 178 valence electrons. The van der Waals surface area contributed by atoms with Crippen molar-refractivity contribution in [3.05, 3.63) is 121 Å². The van der Waals surface area contributed by atoms with Gasteiger partial charge in [0.05, 0.1) is 50.5 Å². The highest BCUT2D eigenvalue weighted by molar-refractivity contribution is 5.92. The van der Waals surface area contributed by atoms with Gasteiger partial charge < -0.3 is 16.4 Å². The summed E-state index contributed by atoms with van der Waals surface area (Å²) in [6.07, 6.45) is 0. The van der Waals surface area contributed by atoms with Gasteiger partial charge >= 0.3 is 0 Å². The predicted octanol–water partition coefficient (Wildman–Crippen LogP) is 7.50. The van der Waals surface area contributed by atoms with Gasteiger partial charge in [-0.25, -0.2) is 4.98 Å². The summed E-state index contributed by atoms with van der Waals surface area (Å²) in [4.78, 5) is 5.00. The van der Waals surface area contributed by atoms with Crippen LogP contribution in [-0.4, -0.2) is 14.0 Å². The number of aromatic nitrogens is 3. The zero-order valence-electron chi connectivity index (χ0n) is 20.0. The summed E-state index contributed by atoms with van der Waals surface area (Å²) >= 11 is 0. The van der Waals surface area contributed by atoms with Crippen molar-refractivity contribution >= 4 is 56.3 Å². The van der Waals surface area contributed by atoms with E-state index in [1.165, 1.54) is 0 Å². The first kappa shape index (κ1) is 21.1. The highest BCUT2D eigenvalue weighted by Gasteiger charge is 2.17. The number of nitrogen functional groups attached to an aromatic ring is 1. The number of benzene rings is 5. The van der Waals surface area contributed by atoms with Crippen LogP contribution in [-0.2, 0) is 0 Å². The van der Waals surface area contributed by atoms with E-state index in [1.807, 2.05) is 48.5 Å². The van der Waals surface area contributed by atoms with E-state index in [-0.39, 0.29) is 0 Å². The van der Waals surface area contributed by atoms with Gasteiger partial charge in [-0.2, -0.15) is 0 Å². The van der Waals surface area contributed by atoms with Crippen LogP contribution in [0.25, 0.3) is 33.5 Å². The van der Waals surface area contributed by atoms with Crippen LogP contribution in [0.4, 0.5) is 28.4 Å². The maximum atomic E-state index is 6.17. The molecule has 7 rings (SSSR count). The van der Waals surface area contributed by atoms with Gasteiger partial charge in [0.1, 0.15) is 0 Å². The summed E-state index contributed by atoms with van der Waals surface area (Å²) in [6.45, 7) is 0. The number of nitrogens with two attached hydrogens (primary N) is 1. The lowest BCUT2D eigenvalue weighted by molar-refractivity contribution is 1.11. The molecule has 0 radical (unpaired) electrons. The highest BCUT2D eigenvalue weighted by Crippen LogP contribution is 2.33. The summed E-state index contributed by atoms with van der Waals surface area (Å²) in [5.74, 6) is 0.890. The average Bonchev–Trinajstić information content (AvgIpc) is 3.46. The molecular formula is C31H24N6. The molecule has 0 fully saturated rings. The summed E-state index contributed by atoms with van der Waals surface area (Å²) in [6, 6.07) is 41.0. The fraction of sp³-hybridized carbons (Fsp3) is 0. The number of hydrogen-bond acceptors (Lipinski definition) is 4. The summed E-state index contributed by atoms with van der Waals surface area (Å²) in [5.41, 5.74) is 16.0. The fourth-order valence-electron chi connectivity index (χ4n) is 4.94. The second-order valence-electron chi connectivity index (χ2n) is 8.99. The van der Waals surface area contributed by atoms with Crippen LogP contribution in [0.2, 0.25) is 0 Å². The quantitative estimate of drug-likeness (QED) is 0.223. The number of nitrogens with one attached hydrogen (secondary N) is 2. The standard InChI is InChI=1S/C31H24N6/c32-23-12-1-2-13-24(23)34-26-15-4-3-14-25(26)33-21-10-9-11-22(20-21)36-29-18-7-8-19-30(29)37-28-17-6-5-16-27(28)35-31(36)37/h1-20,33-34H,32H2. The first-order valence-electron chi connectivity index (χ1n) is 12.2. The van der Waals surface area contributed by atoms with E-state index >= 15 is 0 Å². The Labute approximate surface area is 213 Å². The number of imidazole rings is 2. The molecule has 0 aliphatic heterocycles. The van der Waals surface area contributed by atoms with E-state index in [0.29, 0.717) is 5.69 Å². The van der Waals surface area contributed by atoms with E-state index < -0.39 is 0 Å². The first-order chi connectivity index (χ1) is 18.3. The van der Waals surface area contributed by atoms with Crippen molar-refractivity contribution in [2.45, 2.75) is 0 Å². The van der Waals surface area contributed by atoms with Crippen LogP contribution in [0.5, 0.6) is 0 Å². The Balaban J connectivity index is 1.32. The summed E-state index contributed by atoms with van der Waals surface area (Å²) < 4.78 is 4.45. The molecule has 0 saturated carbocycles. The molecule has 0 atom stereocenters. The van der Waals surface area contributed by atoms with Crippen molar-refractivity contribution in [3.63, 3.8) is 0 Å². The lowest BCUT2D eigenvalue weighted by Crippen LogP contribution is -2.01. The molecular weight excluding hydrogens is 456 g/mol. The van der Waals surface area contributed by atoms with Gasteiger partial charge in [-0.1, -0.05) is 54.6 Å². The first-order valence-corrected chi connectivity index (χ1v) is 12.2. The molecule has 0 aliphatic rings. The topological polar surface area (TPSA) is 72.3 Å². The highest BCUT2D eigenvalue weighted by atomic mass is 15.2. The van der Waals surface area contributed by atoms with E-state index in [1.54, 1.807) is 0 Å². The van der Waals surface area contributed by atoms with Crippen LogP contribution in [0.1, 0.15) is 0 Å². The monoisotopic (exact) mass is 480 g/mol. The largest absolute Gasteiger partial charge is 0.397 e. The second kappa shape index (κ2) is 8.46. The van der Waals surface area contributed by atoms with Crippen LogP contribution in [0.3, 0.4) is 0 Å². The van der Waals surface area contributed by atoms with Gasteiger partial charge in [-0.05, 0) is 66.7 Å². The smallest absolute Gasteiger partial charge is 0.220 e. The molecule has 4 N–H and O–H groups in total. The van der Waals surface area contributed by atoms with Crippen LogP contribution in [0.15, 0.2) is 121 Å². The number of para-hydroxylation sites is 8. The Bertz CT molecular complexity index is 1910. The van der Waals surface area contributed by atoms with Crippen LogP contribution < -0.4 is 16.4 Å². The molecule has 0 spiro atoms. The molecule has 7 aromatic rings. The maximum absolute atomic E-state index is 6.17. The van der Waals surface area contributed by atoms with Gasteiger partial charge in [-0.3, -0.25) is 8.97 Å². The fourth-order valence-corrected chi connectivity index (χ4v) is 4.94. The minimum absolute atomic E-state index is 0.704. The van der Waals surface area contributed by atoms with Crippen molar-refractivity contribution in [1.82, 2.24) is 14.0 Å². The molecule has 2 aromatic heterocycles. The van der Waals surface area contributed by atoms with Crippen molar-refractivity contribution in [2.24, 2.45) is 0 Å². The predicted molar refractivity (Wildman–Crippen MR) is 153 cm³/mol. The van der Waals surface area contributed by atoms with E-state index in [0.717, 1.165) is 56.3 Å². The van der Waals surface area contributed by atoms with Gasteiger partial charge in [0, 0.05) is 5.69 Å². The Morgan fingerprint density at radius 3 is 2.03 bits per heavy atom. The van der Waals surface area contributed by atoms with Gasteiger partial charge in [0.2, 0.25) is 5.78 Å². The lowest BCUT2D eigenvalue weighted by atomic mass is 10.2. The van der Waals surface area contributed by atoms with Crippen LogP contribution in [0, 0.1) is 0 Å². The molecule has 37 heavy (non-hydrogen) atoms. The third-order valence-electron chi connectivity index (χ3n) is 6.65. The van der Waals surface area contributed by atoms with E-state index in [4.69, 9.17) is 10.7 Å². The molecule has 0 amide bonds. The third kappa shape index (κ3) is 3.54. The minimum atomic E-state index is 0.704. The lowest BCUT2D eigenvalue weighted by Gasteiger charge is -2.16. The van der Waals surface area contributed by atoms with E-state index in [2.05, 4.69) is 92.4 Å². The molecule has 0 unspecified atom stereocenters. The zero-order valence-corrected chi connectivity index (χ0v) is 20.0. The van der Waals surface area contributed by atoms with Crippen molar-refractivity contribution in [1.29, 1.82) is 0 Å². The molecule has 0 aliphatic carbocycles. The molecule has 5 aromatic carbocycles. The average molecular weight is 481 g/mol. The van der Waals surface area contributed by atoms with Gasteiger partial charge in [0.15, 0.2) is 0 Å². The Kier molecular flexibility index (Phi) is 4.82. The summed E-state index contributed by atoms with van der Waals surface area (Å²) in [7, 11) is 0. The number of anilines is 5. The van der Waals surface area contributed by atoms with E-state index in [9.17, 15) is 0 Å². The molecule has 2 heterocycles. The van der Waals surface area contributed by atoms with Crippen molar-refractivity contribution in [2.75, 3.05) is 16.4 Å². The minimum Gasteiger partial charge on any atom is -0.397 e. The summed E-state index contributed by atoms with van der Waals surface area (Å²) in [5, 5.41) is 7.05. The molecule has 0 bridgehead atoms. The van der Waals surface area contributed by atoms with Gasteiger partial charge in [-0.15, -0.1) is 0 Å². The van der Waals surface area contributed by atoms with Crippen molar-refractivity contribution < 1.29 is 0 Å². The molecule has 6 nitrogen and oxygen atoms in total.